The van der Waals surface area contributed by atoms with E-state index in [9.17, 15) is 9.59 Å². The third kappa shape index (κ3) is 4.48. The monoisotopic (exact) mass is 486 g/mol. The van der Waals surface area contributed by atoms with Crippen LogP contribution >= 0.6 is 12.2 Å². The molecule has 2 amide bonds. The van der Waals surface area contributed by atoms with Crippen molar-refractivity contribution < 1.29 is 9.59 Å². The van der Waals surface area contributed by atoms with E-state index in [1.165, 1.54) is 10.5 Å². The number of likely N-dealkylation sites (tertiary alicyclic amines) is 1. The van der Waals surface area contributed by atoms with Crippen molar-refractivity contribution in [1.82, 2.24) is 14.8 Å². The van der Waals surface area contributed by atoms with Crippen molar-refractivity contribution in [2.24, 2.45) is 5.92 Å². The molecule has 2 aliphatic heterocycles. The molecule has 0 saturated carbocycles. The topological polar surface area (TPSA) is 57.6 Å². The molecule has 1 N–H and O–H groups in total. The van der Waals surface area contributed by atoms with Crippen molar-refractivity contribution in [1.29, 1.82) is 0 Å². The number of amides is 2. The Morgan fingerprint density at radius 2 is 1.86 bits per heavy atom. The van der Waals surface area contributed by atoms with E-state index in [1.54, 1.807) is 0 Å². The fraction of sp³-hybridized carbons (Fsp3) is 0.321. The molecule has 1 aromatic heterocycles. The molecule has 2 saturated heterocycles. The first-order chi connectivity index (χ1) is 17.0. The van der Waals surface area contributed by atoms with E-state index in [0.717, 1.165) is 54.5 Å². The fourth-order valence-corrected chi connectivity index (χ4v) is 5.29. The summed E-state index contributed by atoms with van der Waals surface area (Å²) in [5.74, 6) is 0.632. The Balaban J connectivity index is 1.49. The third-order valence-corrected chi connectivity index (χ3v) is 7.31. The van der Waals surface area contributed by atoms with Gasteiger partial charge in [-0.15, -0.1) is 0 Å². The number of hydrogen-bond acceptors (Lipinski definition) is 3. The lowest BCUT2D eigenvalue weighted by Crippen LogP contribution is -2.39. The highest BCUT2D eigenvalue weighted by atomic mass is 32.1. The molecular weight excluding hydrogens is 456 g/mol. The van der Waals surface area contributed by atoms with Gasteiger partial charge in [0.1, 0.15) is 12.2 Å². The second-order valence-corrected chi connectivity index (χ2v) is 9.79. The number of rotatable bonds is 5. The largest absolute Gasteiger partial charge is 0.341 e. The van der Waals surface area contributed by atoms with Gasteiger partial charge in [0.05, 0.1) is 11.2 Å². The predicted molar refractivity (Wildman–Crippen MR) is 144 cm³/mol. The van der Waals surface area contributed by atoms with Gasteiger partial charge in [-0.1, -0.05) is 50.2 Å². The summed E-state index contributed by atoms with van der Waals surface area (Å²) >= 11 is 5.47. The molecule has 0 unspecified atom stereocenters. The average molecular weight is 487 g/mol. The number of aromatic nitrogens is 1. The van der Waals surface area contributed by atoms with Gasteiger partial charge < -0.3 is 14.8 Å². The Morgan fingerprint density at radius 1 is 1.11 bits per heavy atom. The minimum atomic E-state index is -0.188. The number of aryl methyl sites for hydroxylation is 1. The normalized spacial score (nSPS) is 18.1. The van der Waals surface area contributed by atoms with Crippen LogP contribution in [-0.2, 0) is 22.6 Å². The second-order valence-electron chi connectivity index (χ2n) is 9.41. The molecule has 7 heteroatoms. The van der Waals surface area contributed by atoms with E-state index in [4.69, 9.17) is 12.2 Å². The van der Waals surface area contributed by atoms with Crippen LogP contribution in [0.2, 0.25) is 0 Å². The van der Waals surface area contributed by atoms with Gasteiger partial charge in [0, 0.05) is 30.2 Å². The number of fused-ring (bicyclic) bond motifs is 1. The lowest BCUT2D eigenvalue weighted by molar-refractivity contribution is -0.133. The maximum atomic E-state index is 13.2. The van der Waals surface area contributed by atoms with Gasteiger partial charge in [-0.05, 0) is 61.2 Å². The average Bonchev–Trinajstić information content (AvgIpc) is 3.35. The van der Waals surface area contributed by atoms with Gasteiger partial charge in [-0.25, -0.2) is 0 Å². The number of para-hydroxylation sites is 2. The molecule has 3 aromatic rings. The zero-order valence-corrected chi connectivity index (χ0v) is 21.0. The van der Waals surface area contributed by atoms with Crippen LogP contribution in [0.3, 0.4) is 0 Å². The number of hydrogen-bond donors (Lipinski definition) is 1. The molecule has 2 fully saturated rings. The van der Waals surface area contributed by atoms with E-state index < -0.39 is 0 Å². The number of anilines is 1. The smallest absolute Gasteiger partial charge is 0.281 e. The maximum absolute atomic E-state index is 13.2. The Hall–Kier alpha value is -3.45. The molecule has 2 aromatic carbocycles. The minimum absolute atomic E-state index is 0.144. The van der Waals surface area contributed by atoms with E-state index in [-0.39, 0.29) is 11.8 Å². The van der Waals surface area contributed by atoms with Crippen molar-refractivity contribution in [3.05, 3.63) is 71.6 Å². The fourth-order valence-electron chi connectivity index (χ4n) is 5.00. The highest BCUT2D eigenvalue weighted by Crippen LogP contribution is 2.29. The number of benzene rings is 2. The second kappa shape index (κ2) is 9.66. The zero-order valence-electron chi connectivity index (χ0n) is 20.2. The van der Waals surface area contributed by atoms with Gasteiger partial charge >= 0.3 is 0 Å². The van der Waals surface area contributed by atoms with Crippen LogP contribution in [0, 0.1) is 5.92 Å². The van der Waals surface area contributed by atoms with Gasteiger partial charge in [-0.2, -0.15) is 0 Å². The Morgan fingerprint density at radius 3 is 2.57 bits per heavy atom. The van der Waals surface area contributed by atoms with Crippen molar-refractivity contribution >= 4 is 51.8 Å². The molecule has 0 bridgehead atoms. The molecule has 0 atom stereocenters. The minimum Gasteiger partial charge on any atom is -0.341 e. The highest BCUT2D eigenvalue weighted by molar-refractivity contribution is 7.80. The van der Waals surface area contributed by atoms with Crippen LogP contribution in [0.1, 0.15) is 37.8 Å². The molecule has 180 valence electrons. The van der Waals surface area contributed by atoms with Crippen molar-refractivity contribution in [3.63, 3.8) is 0 Å². The predicted octanol–water partition coefficient (Wildman–Crippen LogP) is 4.72. The molecular formula is C28H30N4O2S. The summed E-state index contributed by atoms with van der Waals surface area (Å²) in [5, 5.41) is 4.47. The summed E-state index contributed by atoms with van der Waals surface area (Å²) in [6, 6.07) is 15.6. The molecule has 0 spiro atoms. The van der Waals surface area contributed by atoms with Crippen LogP contribution in [0.15, 0.2) is 60.4 Å². The van der Waals surface area contributed by atoms with E-state index in [0.29, 0.717) is 23.3 Å². The van der Waals surface area contributed by atoms with Crippen molar-refractivity contribution in [2.75, 3.05) is 18.0 Å². The Kier molecular flexibility index (Phi) is 6.43. The number of piperidine rings is 1. The maximum Gasteiger partial charge on any atom is 0.281 e. The number of carbonyl (C=O) groups excluding carboxylic acids is 2. The molecule has 5 rings (SSSR count). The van der Waals surface area contributed by atoms with Crippen molar-refractivity contribution in [2.45, 2.75) is 39.7 Å². The van der Waals surface area contributed by atoms with Gasteiger partial charge in [0.15, 0.2) is 5.11 Å². The van der Waals surface area contributed by atoms with Crippen molar-refractivity contribution in [3.8, 4) is 0 Å². The number of carbonyl (C=O) groups is 2. The first-order valence-electron chi connectivity index (χ1n) is 12.3. The lowest BCUT2D eigenvalue weighted by Gasteiger charge is -2.30. The standard InChI is InChI=1S/C28H30N4O2S/c1-3-20-8-7-11-23-21(16-24-27(34)32(28(35)29-24)22-9-5-4-6-10-22)17-31(26(20)23)18-25(33)30-14-12-19(2)13-15-30/h4-11,16-17,19H,3,12-15,18H2,1-2H3,(H,29,35)/b24-16-. The van der Waals surface area contributed by atoms with E-state index in [2.05, 4.69) is 31.3 Å². The van der Waals surface area contributed by atoms with Crippen LogP contribution in [-0.4, -0.2) is 39.5 Å². The first-order valence-corrected chi connectivity index (χ1v) is 12.7. The molecule has 3 heterocycles. The lowest BCUT2D eigenvalue weighted by atomic mass is 9.99. The summed E-state index contributed by atoms with van der Waals surface area (Å²) in [5.41, 5.74) is 4.28. The molecule has 2 aliphatic rings. The quantitative estimate of drug-likeness (QED) is 0.419. The number of thiocarbonyl (C=S) groups is 1. The number of nitrogens with zero attached hydrogens (tertiary/aromatic N) is 3. The summed E-state index contributed by atoms with van der Waals surface area (Å²) in [4.78, 5) is 29.9. The summed E-state index contributed by atoms with van der Waals surface area (Å²) in [6.07, 6.45) is 6.81. The van der Waals surface area contributed by atoms with Gasteiger partial charge in [0.25, 0.3) is 5.91 Å². The molecule has 0 aliphatic carbocycles. The highest BCUT2D eigenvalue weighted by Gasteiger charge is 2.32. The third-order valence-electron chi connectivity index (χ3n) is 7.03. The summed E-state index contributed by atoms with van der Waals surface area (Å²) in [6.45, 7) is 6.30. The van der Waals surface area contributed by atoms with E-state index in [1.807, 2.05) is 58.1 Å². The Bertz CT molecular complexity index is 1320. The van der Waals surface area contributed by atoms with Crippen LogP contribution in [0.5, 0.6) is 0 Å². The van der Waals surface area contributed by atoms with Crippen LogP contribution in [0.4, 0.5) is 5.69 Å². The van der Waals surface area contributed by atoms with Gasteiger partial charge in [-0.3, -0.25) is 14.5 Å². The number of nitrogens with one attached hydrogen (secondary N) is 1. The van der Waals surface area contributed by atoms with Crippen LogP contribution in [0.25, 0.3) is 17.0 Å². The summed E-state index contributed by atoms with van der Waals surface area (Å²) in [7, 11) is 0. The molecule has 6 nitrogen and oxygen atoms in total. The first kappa shape index (κ1) is 23.3. The Labute approximate surface area is 211 Å². The van der Waals surface area contributed by atoms with Gasteiger partial charge in [0.2, 0.25) is 5.91 Å². The zero-order chi connectivity index (χ0) is 24.5. The molecule has 0 radical (unpaired) electrons. The summed E-state index contributed by atoms with van der Waals surface area (Å²) < 4.78 is 2.05. The van der Waals surface area contributed by atoms with E-state index >= 15 is 0 Å². The SMILES string of the molecule is CCc1cccc2c(/C=C3\NC(=S)N(c4ccccc4)C3=O)cn(CC(=O)N3CCC(C)CC3)c12. The molecule has 35 heavy (non-hydrogen) atoms. The van der Waals surface area contributed by atoms with Crippen LogP contribution < -0.4 is 10.2 Å².